The lowest BCUT2D eigenvalue weighted by Crippen LogP contribution is -2.39. The molecule has 118 valence electrons. The number of ether oxygens (including phenoxy) is 2. The van der Waals surface area contributed by atoms with E-state index in [9.17, 15) is 4.79 Å². The lowest BCUT2D eigenvalue weighted by molar-refractivity contribution is 0.0958. The Morgan fingerprint density at radius 1 is 1.26 bits per heavy atom. The van der Waals surface area contributed by atoms with Gasteiger partial charge >= 0.3 is 6.03 Å². The Morgan fingerprint density at radius 2 is 2.13 bits per heavy atom. The van der Waals surface area contributed by atoms with Crippen molar-refractivity contribution < 1.29 is 14.3 Å². The first-order valence-electron chi connectivity index (χ1n) is 7.82. The van der Waals surface area contributed by atoms with Crippen molar-refractivity contribution in [2.24, 2.45) is 0 Å². The van der Waals surface area contributed by atoms with Crippen molar-refractivity contribution in [2.45, 2.75) is 19.0 Å². The molecule has 1 aromatic carbocycles. The summed E-state index contributed by atoms with van der Waals surface area (Å²) in [5.74, 6) is 0.695. The van der Waals surface area contributed by atoms with Crippen molar-refractivity contribution >= 4 is 22.8 Å². The third kappa shape index (κ3) is 1.66. The Labute approximate surface area is 133 Å². The number of aromatic nitrogens is 1. The van der Waals surface area contributed by atoms with E-state index < -0.39 is 0 Å². The molecule has 0 bridgehead atoms. The number of carbonyl (C=O) groups excluding carboxylic acids is 1. The number of para-hydroxylation sites is 1. The molecule has 6 nitrogen and oxygen atoms in total. The van der Waals surface area contributed by atoms with Gasteiger partial charge in [-0.3, -0.25) is 4.57 Å². The zero-order valence-corrected chi connectivity index (χ0v) is 12.9. The minimum atomic E-state index is 0.107. The van der Waals surface area contributed by atoms with Crippen LogP contribution in [-0.2, 0) is 22.4 Å². The summed E-state index contributed by atoms with van der Waals surface area (Å²) in [4.78, 5) is 16.1. The number of hydrogen-bond acceptors (Lipinski definition) is 3. The fourth-order valence-electron chi connectivity index (χ4n) is 3.99. The normalized spacial score (nSPS) is 22.7. The van der Waals surface area contributed by atoms with Crippen LogP contribution in [0.4, 0.5) is 4.79 Å². The van der Waals surface area contributed by atoms with Gasteiger partial charge in [-0.15, -0.1) is 0 Å². The van der Waals surface area contributed by atoms with Gasteiger partial charge in [-0.1, -0.05) is 18.2 Å². The number of hydrogen-bond donors (Lipinski definition) is 0. The standard InChI is InChI=1S/C17H17N3O3/c1-18-7-11-6-13-12-4-2-3-5-14(12)20(16-9-22-10-23-16)15(13)8-19(11)17(18)21/h2-5,9,11H,6-8,10H2,1H3. The SMILES string of the molecule is CN1CC2Cc3c(n(C4=COCO4)c4ccccc34)CN2C1=O. The molecule has 3 aliphatic rings. The van der Waals surface area contributed by atoms with Crippen LogP contribution in [0.2, 0.25) is 0 Å². The second-order valence-corrected chi connectivity index (χ2v) is 6.31. The van der Waals surface area contributed by atoms with Crippen molar-refractivity contribution in [3.63, 3.8) is 0 Å². The van der Waals surface area contributed by atoms with Crippen molar-refractivity contribution in [1.29, 1.82) is 0 Å². The summed E-state index contributed by atoms with van der Waals surface area (Å²) >= 11 is 0. The zero-order chi connectivity index (χ0) is 15.6. The molecular weight excluding hydrogens is 294 g/mol. The van der Waals surface area contributed by atoms with E-state index in [1.807, 2.05) is 18.0 Å². The molecule has 2 amide bonds. The van der Waals surface area contributed by atoms with Gasteiger partial charge in [-0.25, -0.2) is 4.79 Å². The topological polar surface area (TPSA) is 46.9 Å². The molecule has 1 aromatic heterocycles. The first-order valence-corrected chi connectivity index (χ1v) is 7.82. The quantitative estimate of drug-likeness (QED) is 0.811. The molecule has 3 aliphatic heterocycles. The van der Waals surface area contributed by atoms with E-state index in [-0.39, 0.29) is 18.9 Å². The fraction of sp³-hybridized carbons (Fsp3) is 0.353. The average Bonchev–Trinajstić information content (AvgIpc) is 3.24. The number of carbonyl (C=O) groups is 1. The van der Waals surface area contributed by atoms with Gasteiger partial charge < -0.3 is 19.3 Å². The third-order valence-corrected chi connectivity index (χ3v) is 5.03. The maximum atomic E-state index is 12.4. The summed E-state index contributed by atoms with van der Waals surface area (Å²) < 4.78 is 13.0. The number of urea groups is 1. The average molecular weight is 311 g/mol. The third-order valence-electron chi connectivity index (χ3n) is 5.03. The van der Waals surface area contributed by atoms with Crippen LogP contribution in [0.1, 0.15) is 11.3 Å². The van der Waals surface area contributed by atoms with Crippen molar-refractivity contribution in [2.75, 3.05) is 20.4 Å². The van der Waals surface area contributed by atoms with Crippen LogP contribution >= 0.6 is 0 Å². The van der Waals surface area contributed by atoms with E-state index in [1.54, 1.807) is 11.2 Å². The van der Waals surface area contributed by atoms with E-state index in [0.717, 1.165) is 24.2 Å². The molecule has 0 aliphatic carbocycles. The number of benzene rings is 1. The highest BCUT2D eigenvalue weighted by atomic mass is 16.7. The van der Waals surface area contributed by atoms with Gasteiger partial charge in [0, 0.05) is 24.7 Å². The Morgan fingerprint density at radius 3 is 2.96 bits per heavy atom. The largest absolute Gasteiger partial charge is 0.459 e. The van der Waals surface area contributed by atoms with Crippen molar-refractivity contribution in [1.82, 2.24) is 14.4 Å². The van der Waals surface area contributed by atoms with Crippen molar-refractivity contribution in [3.8, 4) is 0 Å². The maximum absolute atomic E-state index is 12.4. The number of fused-ring (bicyclic) bond motifs is 4. The number of amides is 2. The summed E-state index contributed by atoms with van der Waals surface area (Å²) in [5, 5.41) is 1.24. The van der Waals surface area contributed by atoms with E-state index in [2.05, 4.69) is 22.8 Å². The molecular formula is C17H17N3O3. The van der Waals surface area contributed by atoms with Crippen LogP contribution < -0.4 is 0 Å². The molecule has 1 atom stereocenters. The minimum absolute atomic E-state index is 0.107. The molecule has 2 aromatic rings. The summed E-state index contributed by atoms with van der Waals surface area (Å²) in [5.41, 5.74) is 3.56. The predicted octanol–water partition coefficient (Wildman–Crippen LogP) is 2.19. The molecule has 0 saturated carbocycles. The summed E-state index contributed by atoms with van der Waals surface area (Å²) in [7, 11) is 1.87. The van der Waals surface area contributed by atoms with Crippen LogP contribution in [0.25, 0.3) is 16.8 Å². The van der Waals surface area contributed by atoms with Gasteiger partial charge in [0.25, 0.3) is 0 Å². The van der Waals surface area contributed by atoms with Crippen molar-refractivity contribution in [3.05, 3.63) is 41.8 Å². The Bertz CT molecular complexity index is 854. The van der Waals surface area contributed by atoms with E-state index in [1.165, 1.54) is 10.9 Å². The molecule has 0 spiro atoms. The molecule has 1 unspecified atom stereocenters. The molecule has 0 N–H and O–H groups in total. The van der Waals surface area contributed by atoms with Gasteiger partial charge in [0.15, 0.2) is 0 Å². The van der Waals surface area contributed by atoms with Gasteiger partial charge in [0.1, 0.15) is 6.26 Å². The monoisotopic (exact) mass is 311 g/mol. The van der Waals surface area contributed by atoms with Gasteiger partial charge in [-0.05, 0) is 18.1 Å². The lowest BCUT2D eigenvalue weighted by atomic mass is 9.98. The number of likely N-dealkylation sites (N-methyl/N-ethyl adjacent to an activating group) is 1. The first kappa shape index (κ1) is 12.9. The fourth-order valence-corrected chi connectivity index (χ4v) is 3.99. The number of nitrogens with zero attached hydrogens (tertiary/aromatic N) is 3. The second-order valence-electron chi connectivity index (χ2n) is 6.31. The molecule has 23 heavy (non-hydrogen) atoms. The summed E-state index contributed by atoms with van der Waals surface area (Å²) in [6, 6.07) is 8.70. The lowest BCUT2D eigenvalue weighted by Gasteiger charge is -2.29. The van der Waals surface area contributed by atoms with E-state index in [4.69, 9.17) is 9.47 Å². The summed E-state index contributed by atoms with van der Waals surface area (Å²) in [6.07, 6.45) is 2.53. The molecule has 5 rings (SSSR count). The van der Waals surface area contributed by atoms with E-state index >= 15 is 0 Å². The van der Waals surface area contributed by atoms with Crippen LogP contribution in [-0.4, -0.2) is 46.8 Å². The first-order chi connectivity index (χ1) is 11.2. The van der Waals surface area contributed by atoms with E-state index in [0.29, 0.717) is 12.4 Å². The highest BCUT2D eigenvalue weighted by Crippen LogP contribution is 2.37. The smallest absolute Gasteiger partial charge is 0.320 e. The zero-order valence-electron chi connectivity index (χ0n) is 12.9. The van der Waals surface area contributed by atoms with Gasteiger partial charge in [-0.2, -0.15) is 0 Å². The molecule has 1 fully saturated rings. The van der Waals surface area contributed by atoms with Gasteiger partial charge in [0.05, 0.1) is 18.1 Å². The Hall–Kier alpha value is -2.63. The molecule has 0 radical (unpaired) electrons. The summed E-state index contributed by atoms with van der Waals surface area (Å²) in [6.45, 7) is 1.64. The number of rotatable bonds is 1. The van der Waals surface area contributed by atoms with Crippen LogP contribution in [0.3, 0.4) is 0 Å². The van der Waals surface area contributed by atoms with Crippen LogP contribution in [0, 0.1) is 0 Å². The second kappa shape index (κ2) is 4.44. The Kier molecular flexibility index (Phi) is 2.48. The van der Waals surface area contributed by atoms with Gasteiger partial charge in [0.2, 0.25) is 12.7 Å². The van der Waals surface area contributed by atoms with Crippen LogP contribution in [0.5, 0.6) is 0 Å². The molecule has 6 heteroatoms. The molecule has 1 saturated heterocycles. The maximum Gasteiger partial charge on any atom is 0.320 e. The molecule has 4 heterocycles. The highest BCUT2D eigenvalue weighted by Gasteiger charge is 2.41. The minimum Gasteiger partial charge on any atom is -0.459 e. The predicted molar refractivity (Wildman–Crippen MR) is 84.3 cm³/mol. The highest BCUT2D eigenvalue weighted by molar-refractivity contribution is 5.89. The van der Waals surface area contributed by atoms with Crippen LogP contribution in [0.15, 0.2) is 30.5 Å². The Balaban J connectivity index is 1.72.